The minimum atomic E-state index is -0.449. The van der Waals surface area contributed by atoms with Crippen molar-refractivity contribution in [2.45, 2.75) is 25.0 Å². The fourth-order valence-electron chi connectivity index (χ4n) is 3.03. The highest BCUT2D eigenvalue weighted by atomic mass is 16.5. The third kappa shape index (κ3) is 5.53. The van der Waals surface area contributed by atoms with Gasteiger partial charge in [0.25, 0.3) is 12.0 Å². The molecule has 1 amide bonds. The van der Waals surface area contributed by atoms with Crippen LogP contribution in [0.4, 0.5) is 0 Å². The van der Waals surface area contributed by atoms with Crippen LogP contribution in [0.5, 0.6) is 0 Å². The molecule has 3 N–H and O–H groups in total. The van der Waals surface area contributed by atoms with E-state index in [-0.39, 0.29) is 37.0 Å². The van der Waals surface area contributed by atoms with Gasteiger partial charge in [-0.05, 0) is 5.56 Å². The van der Waals surface area contributed by atoms with Gasteiger partial charge < -0.3 is 24.4 Å². The lowest BCUT2D eigenvalue weighted by Gasteiger charge is -2.41. The number of morpholine rings is 1. The second-order valence-electron chi connectivity index (χ2n) is 5.82. The first kappa shape index (κ1) is 20.4. The fourth-order valence-corrected chi connectivity index (χ4v) is 3.03. The molecule has 2 aromatic rings. The summed E-state index contributed by atoms with van der Waals surface area (Å²) in [6.07, 6.45) is 0.123. The van der Waals surface area contributed by atoms with Gasteiger partial charge in [0.05, 0.1) is 19.3 Å². The Morgan fingerprint density at radius 1 is 1.33 bits per heavy atom. The first-order chi connectivity index (χ1) is 13.1. The van der Waals surface area contributed by atoms with Gasteiger partial charge >= 0.3 is 0 Å². The van der Waals surface area contributed by atoms with Gasteiger partial charge in [0.2, 0.25) is 5.91 Å². The largest absolute Gasteiger partial charge is 0.483 e. The van der Waals surface area contributed by atoms with E-state index in [1.165, 1.54) is 6.07 Å². The maximum absolute atomic E-state index is 12.7. The Balaban J connectivity index is 0.000000817. The summed E-state index contributed by atoms with van der Waals surface area (Å²) in [5.41, 5.74) is 0.615. The number of rotatable bonds is 5. The van der Waals surface area contributed by atoms with Crippen molar-refractivity contribution in [2.24, 2.45) is 0 Å². The van der Waals surface area contributed by atoms with E-state index in [2.05, 4.69) is 5.16 Å². The molecule has 2 heterocycles. The molecule has 0 spiro atoms. The number of aliphatic hydroxyl groups excluding tert-OH is 1. The number of aryl methyl sites for hydroxylation is 1. The van der Waals surface area contributed by atoms with Crippen molar-refractivity contribution in [3.05, 3.63) is 58.1 Å². The van der Waals surface area contributed by atoms with Crippen LogP contribution in [0.25, 0.3) is 0 Å². The lowest BCUT2D eigenvalue weighted by Crippen LogP contribution is -2.49. The Hall–Kier alpha value is -2.91. The number of aromatic nitrogens is 1. The third-order valence-electron chi connectivity index (χ3n) is 4.15. The quantitative estimate of drug-likeness (QED) is 0.648. The van der Waals surface area contributed by atoms with Crippen LogP contribution >= 0.6 is 0 Å². The monoisotopic (exact) mass is 378 g/mol. The van der Waals surface area contributed by atoms with E-state index in [9.17, 15) is 14.7 Å². The van der Waals surface area contributed by atoms with Crippen LogP contribution in [0.3, 0.4) is 0 Å². The number of nitrogens with zero attached hydrogens (tertiary/aromatic N) is 1. The third-order valence-corrected chi connectivity index (χ3v) is 4.15. The van der Waals surface area contributed by atoms with Gasteiger partial charge in [0, 0.05) is 25.5 Å². The maximum atomic E-state index is 12.7. The topological polar surface area (TPSA) is 133 Å². The van der Waals surface area contributed by atoms with E-state index in [4.69, 9.17) is 19.2 Å². The van der Waals surface area contributed by atoms with Gasteiger partial charge in [-0.25, -0.2) is 0 Å². The maximum Gasteiger partial charge on any atom is 0.290 e. The zero-order chi connectivity index (χ0) is 19.6. The van der Waals surface area contributed by atoms with Crippen LogP contribution in [0.2, 0.25) is 0 Å². The van der Waals surface area contributed by atoms with E-state index in [0.717, 1.165) is 5.56 Å². The van der Waals surface area contributed by atoms with Crippen molar-refractivity contribution >= 4 is 12.4 Å². The smallest absolute Gasteiger partial charge is 0.290 e. The van der Waals surface area contributed by atoms with E-state index in [1.54, 1.807) is 4.90 Å². The Labute approximate surface area is 155 Å². The molecule has 146 valence electrons. The molecule has 1 aliphatic heterocycles. The summed E-state index contributed by atoms with van der Waals surface area (Å²) in [6, 6.07) is 10.6. The summed E-state index contributed by atoms with van der Waals surface area (Å²) in [4.78, 5) is 33.9. The number of carboxylic acid groups (broad SMARTS) is 1. The fraction of sp³-hybridized carbons (Fsp3) is 0.389. The highest BCUT2D eigenvalue weighted by Crippen LogP contribution is 2.30. The molecule has 0 radical (unpaired) electrons. The van der Waals surface area contributed by atoms with Gasteiger partial charge in [0.15, 0.2) is 0 Å². The number of hydrogen-bond donors (Lipinski definition) is 3. The zero-order valence-electron chi connectivity index (χ0n) is 14.6. The first-order valence-electron chi connectivity index (χ1n) is 8.42. The van der Waals surface area contributed by atoms with Crippen LogP contribution in [-0.2, 0) is 20.7 Å². The number of amides is 1. The molecule has 3 rings (SSSR count). The number of aromatic amines is 1. The second-order valence-corrected chi connectivity index (χ2v) is 5.82. The van der Waals surface area contributed by atoms with E-state index < -0.39 is 6.10 Å². The highest BCUT2D eigenvalue weighted by Gasteiger charge is 2.35. The number of nitrogens with one attached hydrogen (secondary N) is 1. The highest BCUT2D eigenvalue weighted by molar-refractivity contribution is 5.77. The van der Waals surface area contributed by atoms with Crippen molar-refractivity contribution < 1.29 is 29.1 Å². The average molecular weight is 378 g/mol. The van der Waals surface area contributed by atoms with Crippen LogP contribution in [0, 0.1) is 0 Å². The van der Waals surface area contributed by atoms with Crippen molar-refractivity contribution in [3.63, 3.8) is 0 Å². The van der Waals surface area contributed by atoms with Gasteiger partial charge in [0.1, 0.15) is 11.9 Å². The van der Waals surface area contributed by atoms with Crippen molar-refractivity contribution in [1.82, 2.24) is 10.1 Å². The van der Waals surface area contributed by atoms with E-state index >= 15 is 0 Å². The number of aliphatic hydroxyl groups is 1. The van der Waals surface area contributed by atoms with Gasteiger partial charge in [-0.3, -0.25) is 14.4 Å². The number of ether oxygens (including phenoxy) is 1. The van der Waals surface area contributed by atoms with Gasteiger partial charge in [-0.1, -0.05) is 30.3 Å². The van der Waals surface area contributed by atoms with Gasteiger partial charge in [-0.15, -0.1) is 0 Å². The molecule has 9 nitrogen and oxygen atoms in total. The van der Waals surface area contributed by atoms with Crippen molar-refractivity contribution in [2.75, 3.05) is 19.8 Å². The lowest BCUT2D eigenvalue weighted by molar-refractivity contribution is -0.150. The minimum Gasteiger partial charge on any atom is -0.483 e. The standard InChI is InChI=1S/C17H20N2O5.CH2O2/c20-11-14-17(12-4-2-1-3-5-12)19(8-9-23-14)16(22)7-6-13-10-15(21)18-24-13;2-1-3/h1-5,10,14,17,20H,6-9,11H2,(H,18,21);1H,(H,2,3)/t14-,17-;/m0./s1. The molecular weight excluding hydrogens is 356 g/mol. The Kier molecular flexibility index (Phi) is 7.78. The Morgan fingerprint density at radius 2 is 2.04 bits per heavy atom. The zero-order valence-corrected chi connectivity index (χ0v) is 14.6. The van der Waals surface area contributed by atoms with Crippen LogP contribution in [0.1, 0.15) is 23.8 Å². The molecule has 9 heteroatoms. The predicted molar refractivity (Wildman–Crippen MR) is 94.1 cm³/mol. The summed E-state index contributed by atoms with van der Waals surface area (Å²) in [5, 5.41) is 18.7. The number of hydrogen-bond acceptors (Lipinski definition) is 6. The molecule has 1 aromatic heterocycles. The second kappa shape index (κ2) is 10.3. The molecular formula is C18H22N2O7. The summed E-state index contributed by atoms with van der Waals surface area (Å²) < 4.78 is 10.6. The molecule has 27 heavy (non-hydrogen) atoms. The molecule has 0 saturated carbocycles. The first-order valence-corrected chi connectivity index (χ1v) is 8.42. The molecule has 1 saturated heterocycles. The summed E-state index contributed by atoms with van der Waals surface area (Å²) in [5.74, 6) is 0.394. The molecule has 0 unspecified atom stereocenters. The number of benzene rings is 1. The van der Waals surface area contributed by atoms with E-state index in [0.29, 0.717) is 25.3 Å². The molecule has 0 aliphatic carbocycles. The summed E-state index contributed by atoms with van der Waals surface area (Å²) >= 11 is 0. The van der Waals surface area contributed by atoms with Crippen molar-refractivity contribution in [3.8, 4) is 0 Å². The lowest BCUT2D eigenvalue weighted by atomic mass is 9.97. The molecule has 2 atom stereocenters. The summed E-state index contributed by atoms with van der Waals surface area (Å²) in [6.45, 7) is 0.446. The summed E-state index contributed by atoms with van der Waals surface area (Å²) in [7, 11) is 0. The normalized spacial score (nSPS) is 19.1. The average Bonchev–Trinajstić information content (AvgIpc) is 3.12. The number of H-pyrrole nitrogens is 1. The van der Waals surface area contributed by atoms with Gasteiger partial charge in [-0.2, -0.15) is 5.16 Å². The Morgan fingerprint density at radius 3 is 2.63 bits per heavy atom. The van der Waals surface area contributed by atoms with E-state index in [1.807, 2.05) is 30.3 Å². The van der Waals surface area contributed by atoms with Crippen molar-refractivity contribution in [1.29, 1.82) is 0 Å². The predicted octanol–water partition coefficient (Wildman–Crippen LogP) is 0.562. The Bertz CT molecular complexity index is 771. The molecule has 1 aromatic carbocycles. The molecule has 1 fully saturated rings. The molecule has 0 bridgehead atoms. The van der Waals surface area contributed by atoms with Crippen LogP contribution in [-0.4, -0.2) is 58.5 Å². The number of carbonyl (C=O) groups is 2. The van der Waals surface area contributed by atoms with Crippen LogP contribution in [0.15, 0.2) is 45.7 Å². The number of carbonyl (C=O) groups excluding carboxylic acids is 1. The SMILES string of the molecule is O=C(CCc1cc(=O)[nH]o1)N1CCO[C@@H](CO)[C@@H]1c1ccccc1.O=CO. The molecule has 1 aliphatic rings. The minimum absolute atomic E-state index is 0.0607. The van der Waals surface area contributed by atoms with Crippen LogP contribution < -0.4 is 5.56 Å².